The van der Waals surface area contributed by atoms with Crippen molar-refractivity contribution in [1.82, 2.24) is 0 Å². The maximum absolute atomic E-state index is 13.8. The summed E-state index contributed by atoms with van der Waals surface area (Å²) in [6.07, 6.45) is 0.645. The van der Waals surface area contributed by atoms with Crippen LogP contribution >= 0.6 is 0 Å². The molecule has 1 N–H and O–H groups in total. The predicted octanol–water partition coefficient (Wildman–Crippen LogP) is 3.82. The average molecular weight is 466 g/mol. The highest BCUT2D eigenvalue weighted by Crippen LogP contribution is 2.51. The topological polar surface area (TPSA) is 97.7 Å². The third-order valence-corrected chi connectivity index (χ3v) is 6.06. The van der Waals surface area contributed by atoms with Gasteiger partial charge in [-0.3, -0.25) is 4.55 Å². The summed E-state index contributed by atoms with van der Waals surface area (Å²) in [6, 6.07) is 7.63. The molecule has 29 heavy (non-hydrogen) atoms. The molecule has 0 saturated heterocycles. The van der Waals surface area contributed by atoms with Gasteiger partial charge in [0.15, 0.2) is 0 Å². The molecule has 0 bridgehead atoms. The molecule has 0 spiro atoms. The van der Waals surface area contributed by atoms with Gasteiger partial charge in [0.25, 0.3) is 0 Å². The van der Waals surface area contributed by atoms with E-state index >= 15 is 0 Å². The van der Waals surface area contributed by atoms with Crippen molar-refractivity contribution in [3.8, 4) is 5.75 Å². The third kappa shape index (κ3) is 3.75. The van der Waals surface area contributed by atoms with E-state index < -0.39 is 42.4 Å². The number of aryl methyl sites for hydroxylation is 1. The van der Waals surface area contributed by atoms with Crippen LogP contribution in [-0.4, -0.2) is 37.8 Å². The molecule has 0 amide bonds. The first-order chi connectivity index (χ1) is 13.0. The summed E-state index contributed by atoms with van der Waals surface area (Å²) in [6.45, 7) is 1.84. The van der Waals surface area contributed by atoms with E-state index in [-0.39, 0.29) is 5.39 Å². The lowest BCUT2D eigenvalue weighted by Crippen LogP contribution is -2.61. The van der Waals surface area contributed by atoms with Crippen LogP contribution in [0, 0.1) is 0 Å². The molecule has 0 aliphatic rings. The Morgan fingerprint density at radius 1 is 0.862 bits per heavy atom. The lowest BCUT2D eigenvalue weighted by atomic mass is 10.1. The van der Waals surface area contributed by atoms with Gasteiger partial charge < -0.3 is 4.18 Å². The zero-order valence-electron chi connectivity index (χ0n) is 14.2. The van der Waals surface area contributed by atoms with Crippen molar-refractivity contribution < 1.29 is 51.9 Å². The van der Waals surface area contributed by atoms with Crippen molar-refractivity contribution >= 4 is 31.0 Å². The van der Waals surface area contributed by atoms with Gasteiger partial charge in [0.05, 0.1) is 0 Å². The summed E-state index contributed by atoms with van der Waals surface area (Å²) < 4.78 is 137. The van der Waals surface area contributed by atoms with Crippen LogP contribution in [0.5, 0.6) is 5.75 Å². The van der Waals surface area contributed by atoms with E-state index in [1.54, 1.807) is 12.1 Å². The Balaban J connectivity index is 2.47. The van der Waals surface area contributed by atoms with Gasteiger partial charge in [0, 0.05) is 0 Å². The zero-order valence-corrected chi connectivity index (χ0v) is 15.9. The molecule has 162 valence electrons. The lowest BCUT2D eigenvalue weighted by Gasteiger charge is -2.29. The van der Waals surface area contributed by atoms with Crippen LogP contribution in [0.2, 0.25) is 0 Å². The van der Waals surface area contributed by atoms with Gasteiger partial charge in [0.2, 0.25) is 0 Å². The Hall–Kier alpha value is -2.06. The molecule has 0 unspecified atom stereocenters. The Bertz CT molecular complexity index is 1150. The smallest absolute Gasteiger partial charge is 0.378 e. The number of hydrogen-bond donors (Lipinski definition) is 1. The van der Waals surface area contributed by atoms with E-state index in [1.165, 1.54) is 12.1 Å². The summed E-state index contributed by atoms with van der Waals surface area (Å²) in [5.41, 5.74) is 0.873. The van der Waals surface area contributed by atoms with E-state index in [1.807, 2.05) is 6.92 Å². The van der Waals surface area contributed by atoms with Crippen LogP contribution in [-0.2, 0) is 26.7 Å². The lowest BCUT2D eigenvalue weighted by molar-refractivity contribution is -0.247. The van der Waals surface area contributed by atoms with E-state index in [9.17, 15) is 43.2 Å². The molecule has 0 aliphatic carbocycles. The second-order valence-corrected chi connectivity index (χ2v) is 8.87. The van der Waals surface area contributed by atoms with E-state index in [0.29, 0.717) is 11.8 Å². The summed E-state index contributed by atoms with van der Waals surface area (Å²) in [4.78, 5) is 0. The maximum atomic E-state index is 13.8. The van der Waals surface area contributed by atoms with Crippen molar-refractivity contribution in [2.24, 2.45) is 0 Å². The fraction of sp³-hybridized carbons (Fsp3) is 0.333. The highest BCUT2D eigenvalue weighted by atomic mass is 32.2. The molecular weight excluding hydrogens is 454 g/mol. The molecule has 0 saturated carbocycles. The van der Waals surface area contributed by atoms with Crippen LogP contribution in [0.25, 0.3) is 10.8 Å². The first-order valence-corrected chi connectivity index (χ1v) is 10.4. The molecule has 2 aromatic rings. The molecule has 0 radical (unpaired) electrons. The van der Waals surface area contributed by atoms with Crippen molar-refractivity contribution in [3.05, 3.63) is 42.0 Å². The van der Waals surface area contributed by atoms with Crippen LogP contribution in [0.1, 0.15) is 12.5 Å². The molecule has 0 aliphatic heterocycles. The quantitative estimate of drug-likeness (QED) is 0.379. The second kappa shape index (κ2) is 7.02. The fourth-order valence-corrected chi connectivity index (χ4v) is 3.63. The average Bonchev–Trinajstić information content (AvgIpc) is 2.59. The number of alkyl halides is 6. The van der Waals surface area contributed by atoms with Gasteiger partial charge in [-0.05, 0) is 34.9 Å². The second-order valence-electron chi connectivity index (χ2n) is 5.82. The van der Waals surface area contributed by atoms with Crippen molar-refractivity contribution in [2.45, 2.75) is 29.8 Å². The Kier molecular flexibility index (Phi) is 5.62. The predicted molar refractivity (Wildman–Crippen MR) is 89.3 cm³/mol. The minimum absolute atomic E-state index is 0.258. The number of hydrogen-bond acceptors (Lipinski definition) is 5. The standard InChI is InChI=1S/C15H12F6O6S2/c1-2-9-3-4-11-8-12(6-5-10(11)7-9)27-29(25,26)15(20,21)13(16,17)14(18,19)28(22,23)24/h3-8H,2H2,1H3,(H,22,23,24). The van der Waals surface area contributed by atoms with Gasteiger partial charge in [-0.1, -0.05) is 31.2 Å². The summed E-state index contributed by atoms with van der Waals surface area (Å²) in [5.74, 6) is -7.97. The number of rotatable bonds is 7. The molecule has 0 atom stereocenters. The van der Waals surface area contributed by atoms with Gasteiger partial charge in [0.1, 0.15) is 5.75 Å². The molecule has 2 rings (SSSR count). The fourth-order valence-electron chi connectivity index (χ4n) is 2.21. The van der Waals surface area contributed by atoms with Gasteiger partial charge >= 0.3 is 36.7 Å². The number of halogens is 6. The summed E-state index contributed by atoms with van der Waals surface area (Å²) in [7, 11) is -13.9. The summed E-state index contributed by atoms with van der Waals surface area (Å²) in [5, 5.41) is -12.8. The highest BCUT2D eigenvalue weighted by molar-refractivity contribution is 7.88. The first-order valence-electron chi connectivity index (χ1n) is 7.55. The SMILES string of the molecule is CCc1ccc2cc(OS(=O)(=O)C(F)(F)C(F)(F)C(F)(F)S(=O)(=O)O)ccc2c1. The number of fused-ring (bicyclic) bond motifs is 1. The van der Waals surface area contributed by atoms with E-state index in [4.69, 9.17) is 4.55 Å². The van der Waals surface area contributed by atoms with Crippen molar-refractivity contribution in [3.63, 3.8) is 0 Å². The monoisotopic (exact) mass is 466 g/mol. The van der Waals surface area contributed by atoms with Crippen LogP contribution in [0.15, 0.2) is 36.4 Å². The minimum Gasteiger partial charge on any atom is -0.378 e. The number of benzene rings is 2. The highest BCUT2D eigenvalue weighted by Gasteiger charge is 2.83. The van der Waals surface area contributed by atoms with E-state index in [0.717, 1.165) is 17.7 Å². The molecule has 2 aromatic carbocycles. The molecule has 0 aromatic heterocycles. The zero-order chi connectivity index (χ0) is 22.5. The molecule has 0 fully saturated rings. The largest absolute Gasteiger partial charge is 0.450 e. The Morgan fingerprint density at radius 2 is 1.38 bits per heavy atom. The van der Waals surface area contributed by atoms with Crippen LogP contribution in [0.4, 0.5) is 26.3 Å². The molecule has 14 heteroatoms. The Morgan fingerprint density at radius 3 is 1.90 bits per heavy atom. The molecule has 6 nitrogen and oxygen atoms in total. The third-order valence-electron chi connectivity index (χ3n) is 3.86. The Labute approximate surface area is 161 Å². The van der Waals surface area contributed by atoms with Gasteiger partial charge in [-0.2, -0.15) is 43.2 Å². The van der Waals surface area contributed by atoms with Crippen molar-refractivity contribution in [1.29, 1.82) is 0 Å². The minimum atomic E-state index is -7.10. The maximum Gasteiger partial charge on any atom is 0.450 e. The normalized spacial score (nSPS) is 14.2. The van der Waals surface area contributed by atoms with Crippen molar-refractivity contribution in [2.75, 3.05) is 0 Å². The van der Waals surface area contributed by atoms with Crippen LogP contribution < -0.4 is 4.18 Å². The molecular formula is C15H12F6O6S2. The van der Waals surface area contributed by atoms with Crippen LogP contribution in [0.3, 0.4) is 0 Å². The van der Waals surface area contributed by atoms with Gasteiger partial charge in [-0.15, -0.1) is 0 Å². The van der Waals surface area contributed by atoms with E-state index in [2.05, 4.69) is 4.18 Å². The molecule has 0 heterocycles. The summed E-state index contributed by atoms with van der Waals surface area (Å²) >= 11 is 0. The van der Waals surface area contributed by atoms with Gasteiger partial charge in [-0.25, -0.2) is 0 Å². The first kappa shape index (κ1) is 23.2.